The Morgan fingerprint density at radius 1 is 1.06 bits per heavy atom. The summed E-state index contributed by atoms with van der Waals surface area (Å²) in [5.74, 6) is -0.163. The molecule has 0 aromatic heterocycles. The molecule has 8 heteroatoms. The molecule has 2 fully saturated rings. The molecule has 0 radical (unpaired) electrons. The van der Waals surface area contributed by atoms with Crippen LogP contribution in [0, 0.1) is 0 Å². The zero-order valence-electron chi connectivity index (χ0n) is 18.6. The summed E-state index contributed by atoms with van der Waals surface area (Å²) in [7, 11) is -3.37. The molecule has 6 nitrogen and oxygen atoms in total. The number of hydrogen-bond acceptors (Lipinski definition) is 4. The van der Waals surface area contributed by atoms with Gasteiger partial charge in [-0.05, 0) is 53.8 Å². The van der Waals surface area contributed by atoms with E-state index in [-0.39, 0.29) is 35.8 Å². The quantitative estimate of drug-likeness (QED) is 0.592. The van der Waals surface area contributed by atoms with Gasteiger partial charge in [0, 0.05) is 43.5 Å². The minimum absolute atomic E-state index is 0.000217. The van der Waals surface area contributed by atoms with Gasteiger partial charge < -0.3 is 9.80 Å². The van der Waals surface area contributed by atoms with E-state index >= 15 is 0 Å². The second-order valence-corrected chi connectivity index (χ2v) is 11.5. The van der Waals surface area contributed by atoms with Gasteiger partial charge in [0.05, 0.1) is 11.5 Å². The second-order valence-electron chi connectivity index (χ2n) is 8.82. The molecular formula is C25H29ClN2O4S. The second kappa shape index (κ2) is 10.3. The molecule has 176 valence electrons. The first-order valence-electron chi connectivity index (χ1n) is 11.4. The molecule has 2 aromatic rings. The molecule has 0 N–H and O–H groups in total. The van der Waals surface area contributed by atoms with Gasteiger partial charge in [-0.1, -0.05) is 42.0 Å². The summed E-state index contributed by atoms with van der Waals surface area (Å²) in [5, 5.41) is 2.74. The lowest BCUT2D eigenvalue weighted by Gasteiger charge is -2.36. The molecule has 0 bridgehead atoms. The van der Waals surface area contributed by atoms with E-state index in [2.05, 4.69) is 0 Å². The van der Waals surface area contributed by atoms with E-state index in [9.17, 15) is 18.0 Å². The molecule has 2 aliphatic heterocycles. The zero-order chi connectivity index (χ0) is 23.4. The van der Waals surface area contributed by atoms with Gasteiger partial charge in [-0.25, -0.2) is 8.42 Å². The van der Waals surface area contributed by atoms with Gasteiger partial charge in [0.25, 0.3) is 0 Å². The molecule has 2 saturated heterocycles. The summed E-state index contributed by atoms with van der Waals surface area (Å²) in [4.78, 5) is 28.1. The van der Waals surface area contributed by atoms with Crippen LogP contribution in [-0.2, 0) is 19.4 Å². The van der Waals surface area contributed by atoms with Crippen LogP contribution in [-0.4, -0.2) is 67.2 Å². The molecule has 2 aliphatic rings. The Hall–Kier alpha value is -2.38. The molecule has 4 rings (SSSR count). The smallest absolute Gasteiger partial charge is 0.223 e. The van der Waals surface area contributed by atoms with Gasteiger partial charge in [0.2, 0.25) is 11.8 Å². The lowest BCUT2D eigenvalue weighted by Crippen LogP contribution is -2.47. The van der Waals surface area contributed by atoms with Crippen molar-refractivity contribution in [1.82, 2.24) is 9.80 Å². The monoisotopic (exact) mass is 488 g/mol. The van der Waals surface area contributed by atoms with Crippen LogP contribution in [0.2, 0.25) is 5.02 Å². The maximum absolute atomic E-state index is 12.5. The van der Waals surface area contributed by atoms with Crippen LogP contribution in [0.5, 0.6) is 0 Å². The minimum Gasteiger partial charge on any atom is -0.343 e. The van der Waals surface area contributed by atoms with Crippen LogP contribution >= 0.6 is 11.6 Å². The maximum atomic E-state index is 12.5. The Balaban J connectivity index is 1.24. The van der Waals surface area contributed by atoms with E-state index in [1.165, 1.54) is 0 Å². The van der Waals surface area contributed by atoms with Crippen molar-refractivity contribution in [2.45, 2.75) is 38.1 Å². The molecule has 2 aromatic carbocycles. The molecule has 0 saturated carbocycles. The SMILES string of the molecule is O=C(CCS(=O)(=O)CC=Cc1ccc2cc(Cl)ccc2c1)N1CCC(N2CCCC2=O)CC1. The minimum atomic E-state index is -3.37. The number of piperidine rings is 1. The highest BCUT2D eigenvalue weighted by Gasteiger charge is 2.31. The van der Waals surface area contributed by atoms with Gasteiger partial charge in [0.15, 0.2) is 9.84 Å². The third-order valence-electron chi connectivity index (χ3n) is 6.48. The number of halogens is 1. The Labute approximate surface area is 200 Å². The normalized spacial score (nSPS) is 18.0. The number of amides is 2. The van der Waals surface area contributed by atoms with Gasteiger partial charge in [0.1, 0.15) is 0 Å². The van der Waals surface area contributed by atoms with E-state index in [0.717, 1.165) is 42.1 Å². The molecule has 0 spiro atoms. The number of likely N-dealkylation sites (tertiary alicyclic amines) is 2. The number of fused-ring (bicyclic) bond motifs is 1. The van der Waals surface area contributed by atoms with Crippen LogP contribution in [0.1, 0.15) is 37.7 Å². The van der Waals surface area contributed by atoms with E-state index in [1.807, 2.05) is 41.3 Å². The van der Waals surface area contributed by atoms with Crippen molar-refractivity contribution in [2.75, 3.05) is 31.1 Å². The van der Waals surface area contributed by atoms with Gasteiger partial charge in [-0.3, -0.25) is 9.59 Å². The average molecular weight is 489 g/mol. The predicted molar refractivity (Wildman–Crippen MR) is 132 cm³/mol. The highest BCUT2D eigenvalue weighted by atomic mass is 35.5. The summed E-state index contributed by atoms with van der Waals surface area (Å²) in [6.07, 6.45) is 6.50. The average Bonchev–Trinajstić information content (AvgIpc) is 3.23. The Kier molecular flexibility index (Phi) is 7.39. The summed E-state index contributed by atoms with van der Waals surface area (Å²) < 4.78 is 24.9. The third kappa shape index (κ3) is 6.15. The van der Waals surface area contributed by atoms with Crippen LogP contribution < -0.4 is 0 Å². The first-order chi connectivity index (χ1) is 15.8. The Bertz CT molecular complexity index is 1170. The fourth-order valence-electron chi connectivity index (χ4n) is 4.64. The van der Waals surface area contributed by atoms with Gasteiger partial charge >= 0.3 is 0 Å². The van der Waals surface area contributed by atoms with E-state index < -0.39 is 9.84 Å². The van der Waals surface area contributed by atoms with Crippen molar-refractivity contribution in [3.05, 3.63) is 53.1 Å². The predicted octanol–water partition coefficient (Wildman–Crippen LogP) is 3.92. The van der Waals surface area contributed by atoms with Crippen molar-refractivity contribution in [3.8, 4) is 0 Å². The molecule has 33 heavy (non-hydrogen) atoms. The largest absolute Gasteiger partial charge is 0.343 e. The molecular weight excluding hydrogens is 460 g/mol. The Morgan fingerprint density at radius 3 is 2.52 bits per heavy atom. The van der Waals surface area contributed by atoms with Crippen molar-refractivity contribution in [1.29, 1.82) is 0 Å². The number of carbonyl (C=O) groups is 2. The van der Waals surface area contributed by atoms with Crippen molar-refractivity contribution in [2.24, 2.45) is 0 Å². The summed E-state index contributed by atoms with van der Waals surface area (Å²) >= 11 is 6.01. The van der Waals surface area contributed by atoms with E-state index in [4.69, 9.17) is 11.6 Å². The fraction of sp³-hybridized carbons (Fsp3) is 0.440. The highest BCUT2D eigenvalue weighted by Crippen LogP contribution is 2.23. The first-order valence-corrected chi connectivity index (χ1v) is 13.6. The maximum Gasteiger partial charge on any atom is 0.223 e. The highest BCUT2D eigenvalue weighted by molar-refractivity contribution is 7.91. The fourth-order valence-corrected chi connectivity index (χ4v) is 5.86. The first kappa shape index (κ1) is 23.8. The van der Waals surface area contributed by atoms with Crippen LogP contribution in [0.3, 0.4) is 0 Å². The van der Waals surface area contributed by atoms with Gasteiger partial charge in [-0.2, -0.15) is 0 Å². The van der Waals surface area contributed by atoms with Crippen LogP contribution in [0.4, 0.5) is 0 Å². The lowest BCUT2D eigenvalue weighted by atomic mass is 10.0. The summed E-state index contributed by atoms with van der Waals surface area (Å²) in [5.41, 5.74) is 0.912. The molecule has 2 amide bonds. The number of hydrogen-bond donors (Lipinski definition) is 0. The molecule has 2 heterocycles. The number of carbonyl (C=O) groups excluding carboxylic acids is 2. The molecule has 0 atom stereocenters. The Morgan fingerprint density at radius 2 is 1.79 bits per heavy atom. The topological polar surface area (TPSA) is 74.8 Å². The number of rotatable bonds is 7. The van der Waals surface area contributed by atoms with Crippen molar-refractivity contribution < 1.29 is 18.0 Å². The standard InChI is InChI=1S/C25H29ClN2O4S/c26-22-8-7-20-17-19(5-6-21(20)18-22)3-2-15-33(31,32)16-11-24(29)27-13-9-23(10-14-27)28-12-1-4-25(28)30/h2-3,5-8,17-18,23H,1,4,9-16H2. The van der Waals surface area contributed by atoms with Crippen LogP contribution in [0.15, 0.2) is 42.5 Å². The van der Waals surface area contributed by atoms with Crippen LogP contribution in [0.25, 0.3) is 16.8 Å². The van der Waals surface area contributed by atoms with Crippen molar-refractivity contribution >= 4 is 50.1 Å². The summed E-state index contributed by atoms with van der Waals surface area (Å²) in [6, 6.07) is 11.7. The molecule has 0 unspecified atom stereocenters. The van der Waals surface area contributed by atoms with Gasteiger partial charge in [-0.15, -0.1) is 0 Å². The van der Waals surface area contributed by atoms with E-state index in [1.54, 1.807) is 17.1 Å². The van der Waals surface area contributed by atoms with Crippen molar-refractivity contribution in [3.63, 3.8) is 0 Å². The summed E-state index contributed by atoms with van der Waals surface area (Å²) in [6.45, 7) is 1.98. The molecule has 0 aliphatic carbocycles. The third-order valence-corrected chi connectivity index (χ3v) is 8.24. The lowest BCUT2D eigenvalue weighted by molar-refractivity contribution is -0.134. The number of nitrogens with zero attached hydrogens (tertiary/aromatic N) is 2. The number of sulfone groups is 1. The van der Waals surface area contributed by atoms with E-state index in [0.29, 0.717) is 24.5 Å². The number of benzene rings is 2. The zero-order valence-corrected chi connectivity index (χ0v) is 20.2.